The van der Waals surface area contributed by atoms with E-state index in [1.165, 1.54) is 0 Å². The van der Waals surface area contributed by atoms with E-state index < -0.39 is 7.60 Å². The van der Waals surface area contributed by atoms with Crippen LogP contribution in [0.2, 0.25) is 0 Å². The highest BCUT2D eigenvalue weighted by atomic mass is 32.2. The highest BCUT2D eigenvalue weighted by Crippen LogP contribution is 2.51. The van der Waals surface area contributed by atoms with Crippen LogP contribution in [0.3, 0.4) is 0 Å². The second kappa shape index (κ2) is 10.6. The molecule has 0 saturated carbocycles. The molecule has 0 fully saturated rings. The van der Waals surface area contributed by atoms with Crippen molar-refractivity contribution in [2.24, 2.45) is 0 Å². The molecule has 0 spiro atoms. The second-order valence-electron chi connectivity index (χ2n) is 3.61. The lowest BCUT2D eigenvalue weighted by Gasteiger charge is -2.17. The second-order valence-corrected chi connectivity index (χ2v) is 7.36. The minimum atomic E-state index is -2.83. The quantitative estimate of drug-likeness (QED) is 0.407. The lowest BCUT2D eigenvalue weighted by atomic mass is 10.4. The average Bonchev–Trinajstić information content (AvgIpc) is 2.27. The smallest absolute Gasteiger partial charge is 0.308 e. The fourth-order valence-corrected chi connectivity index (χ4v) is 4.12. The van der Waals surface area contributed by atoms with Crippen molar-refractivity contribution in [2.45, 2.75) is 46.5 Å². The van der Waals surface area contributed by atoms with Gasteiger partial charge in [0.2, 0.25) is 0 Å². The van der Waals surface area contributed by atoms with E-state index in [4.69, 9.17) is 9.05 Å². The van der Waals surface area contributed by atoms with Crippen LogP contribution < -0.4 is 0 Å². The standard InChI is InChI=1S/C11H25O3PS/c1-4-7-9-13-15(12,11-16-6-3)14-10-8-5-2/h4-11H2,1-3H3. The summed E-state index contributed by atoms with van der Waals surface area (Å²) in [6, 6.07) is 0. The first-order valence-corrected chi connectivity index (χ1v) is 9.02. The molecule has 0 heterocycles. The van der Waals surface area contributed by atoms with Crippen molar-refractivity contribution >= 4 is 19.4 Å². The fourth-order valence-electron chi connectivity index (χ4n) is 1.01. The van der Waals surface area contributed by atoms with E-state index in [0.29, 0.717) is 18.7 Å². The van der Waals surface area contributed by atoms with Gasteiger partial charge in [-0.3, -0.25) is 4.57 Å². The maximum absolute atomic E-state index is 12.3. The van der Waals surface area contributed by atoms with Gasteiger partial charge in [0.15, 0.2) is 0 Å². The lowest BCUT2D eigenvalue weighted by molar-refractivity contribution is 0.203. The lowest BCUT2D eigenvalue weighted by Crippen LogP contribution is -2.01. The Hall–Kier alpha value is 0.500. The van der Waals surface area contributed by atoms with Gasteiger partial charge in [-0.05, 0) is 18.6 Å². The van der Waals surface area contributed by atoms with Crippen molar-refractivity contribution in [1.82, 2.24) is 0 Å². The van der Waals surface area contributed by atoms with E-state index >= 15 is 0 Å². The summed E-state index contributed by atoms with van der Waals surface area (Å²) in [6.07, 6.45) is 3.99. The van der Waals surface area contributed by atoms with Crippen molar-refractivity contribution in [2.75, 3.05) is 24.5 Å². The normalized spacial score (nSPS) is 11.9. The van der Waals surface area contributed by atoms with Gasteiger partial charge in [-0.15, -0.1) is 11.8 Å². The van der Waals surface area contributed by atoms with Crippen molar-refractivity contribution in [3.63, 3.8) is 0 Å². The van der Waals surface area contributed by atoms with E-state index in [1.54, 1.807) is 11.8 Å². The van der Waals surface area contributed by atoms with Gasteiger partial charge in [-0.1, -0.05) is 33.6 Å². The third kappa shape index (κ3) is 8.63. The fraction of sp³-hybridized carbons (Fsp3) is 1.00. The van der Waals surface area contributed by atoms with E-state index in [0.717, 1.165) is 31.4 Å². The van der Waals surface area contributed by atoms with Gasteiger partial charge in [0.1, 0.15) is 0 Å². The van der Waals surface area contributed by atoms with Gasteiger partial charge >= 0.3 is 7.60 Å². The Bertz CT molecular complexity index is 186. The molecule has 0 bridgehead atoms. The Morgan fingerprint density at radius 1 is 1.00 bits per heavy atom. The maximum Gasteiger partial charge on any atom is 0.340 e. The topological polar surface area (TPSA) is 35.5 Å². The number of thioether (sulfide) groups is 1. The Kier molecular flexibility index (Phi) is 11.0. The molecule has 0 radical (unpaired) electrons. The van der Waals surface area contributed by atoms with Gasteiger partial charge in [-0.25, -0.2) is 0 Å². The molecule has 3 nitrogen and oxygen atoms in total. The van der Waals surface area contributed by atoms with Crippen LogP contribution in [0.15, 0.2) is 0 Å². The summed E-state index contributed by atoms with van der Waals surface area (Å²) in [6.45, 7) is 7.32. The first kappa shape index (κ1) is 16.5. The first-order valence-electron chi connectivity index (χ1n) is 6.14. The summed E-state index contributed by atoms with van der Waals surface area (Å²) in [5.74, 6) is 0.943. The Morgan fingerprint density at radius 3 is 1.88 bits per heavy atom. The predicted molar refractivity (Wildman–Crippen MR) is 72.3 cm³/mol. The molecule has 0 unspecified atom stereocenters. The molecule has 0 aliphatic heterocycles. The maximum atomic E-state index is 12.3. The third-order valence-electron chi connectivity index (χ3n) is 2.03. The number of rotatable bonds is 11. The molecular weight excluding hydrogens is 243 g/mol. The highest BCUT2D eigenvalue weighted by Gasteiger charge is 2.23. The Morgan fingerprint density at radius 2 is 1.50 bits per heavy atom. The van der Waals surface area contributed by atoms with Crippen LogP contribution in [-0.2, 0) is 13.6 Å². The molecule has 5 heteroatoms. The minimum Gasteiger partial charge on any atom is -0.308 e. The third-order valence-corrected chi connectivity index (χ3v) is 5.58. The zero-order valence-corrected chi connectivity index (χ0v) is 12.4. The molecule has 0 saturated heterocycles. The highest BCUT2D eigenvalue weighted by molar-refractivity contribution is 8.04. The predicted octanol–water partition coefficient (Wildman–Crippen LogP) is 4.52. The summed E-state index contributed by atoms with van der Waals surface area (Å²) in [4.78, 5) is 0. The summed E-state index contributed by atoms with van der Waals surface area (Å²) in [7, 11) is -2.83. The molecule has 98 valence electrons. The monoisotopic (exact) mass is 268 g/mol. The van der Waals surface area contributed by atoms with Crippen LogP contribution in [0.5, 0.6) is 0 Å². The van der Waals surface area contributed by atoms with Crippen LogP contribution >= 0.6 is 19.4 Å². The van der Waals surface area contributed by atoms with Crippen LogP contribution in [0.1, 0.15) is 46.5 Å². The molecule has 0 aliphatic rings. The minimum absolute atomic E-state index is 0.483. The molecule has 0 amide bonds. The summed E-state index contributed by atoms with van der Waals surface area (Å²) >= 11 is 1.62. The van der Waals surface area contributed by atoms with Gasteiger partial charge in [0, 0.05) is 0 Å². The van der Waals surface area contributed by atoms with Crippen LogP contribution in [0, 0.1) is 0 Å². The van der Waals surface area contributed by atoms with Crippen LogP contribution in [0.25, 0.3) is 0 Å². The molecule has 0 aliphatic carbocycles. The average molecular weight is 268 g/mol. The molecule has 0 N–H and O–H groups in total. The van der Waals surface area contributed by atoms with Crippen molar-refractivity contribution in [3.05, 3.63) is 0 Å². The van der Waals surface area contributed by atoms with Gasteiger partial charge in [0.25, 0.3) is 0 Å². The van der Waals surface area contributed by atoms with Crippen LogP contribution in [0.4, 0.5) is 0 Å². The van der Waals surface area contributed by atoms with Crippen molar-refractivity contribution in [3.8, 4) is 0 Å². The van der Waals surface area contributed by atoms with Gasteiger partial charge in [0.05, 0.1) is 18.7 Å². The number of hydrogen-bond donors (Lipinski definition) is 0. The van der Waals surface area contributed by atoms with E-state index in [9.17, 15) is 4.57 Å². The Balaban J connectivity index is 3.97. The number of unbranched alkanes of at least 4 members (excludes halogenated alkanes) is 2. The summed E-state index contributed by atoms with van der Waals surface area (Å²) in [5, 5.41) is 0. The van der Waals surface area contributed by atoms with E-state index in [-0.39, 0.29) is 0 Å². The van der Waals surface area contributed by atoms with Crippen molar-refractivity contribution in [1.29, 1.82) is 0 Å². The van der Waals surface area contributed by atoms with Gasteiger partial charge in [-0.2, -0.15) is 0 Å². The molecule has 0 atom stereocenters. The number of hydrogen-bond acceptors (Lipinski definition) is 4. The molecule has 0 aromatic rings. The first-order chi connectivity index (χ1) is 7.68. The molecule has 0 rings (SSSR count). The SMILES string of the molecule is CCCCOP(=O)(CSCC)OCCCC. The molecule has 16 heavy (non-hydrogen) atoms. The zero-order chi connectivity index (χ0) is 12.3. The Labute approximate surface area is 104 Å². The van der Waals surface area contributed by atoms with E-state index in [1.807, 2.05) is 6.92 Å². The summed E-state index contributed by atoms with van der Waals surface area (Å²) < 4.78 is 23.1. The van der Waals surface area contributed by atoms with E-state index in [2.05, 4.69) is 13.8 Å². The van der Waals surface area contributed by atoms with Crippen molar-refractivity contribution < 1.29 is 13.6 Å². The largest absolute Gasteiger partial charge is 0.340 e. The molecule has 0 aromatic heterocycles. The summed E-state index contributed by atoms with van der Waals surface area (Å²) in [5.41, 5.74) is 0.483. The zero-order valence-electron chi connectivity index (χ0n) is 10.7. The molecular formula is C11H25O3PS. The van der Waals surface area contributed by atoms with Crippen LogP contribution in [-0.4, -0.2) is 24.5 Å². The molecule has 0 aromatic carbocycles. The van der Waals surface area contributed by atoms with Gasteiger partial charge < -0.3 is 9.05 Å².